The Morgan fingerprint density at radius 2 is 2.00 bits per heavy atom. The normalized spacial score (nSPS) is 40.4. The number of aliphatic hydroxyl groups is 1. The first kappa shape index (κ1) is 14.6. The molecule has 0 amide bonds. The van der Waals surface area contributed by atoms with Gasteiger partial charge in [-0.3, -0.25) is 0 Å². The summed E-state index contributed by atoms with van der Waals surface area (Å²) in [7, 11) is 0. The molecule has 3 unspecified atom stereocenters. The summed E-state index contributed by atoms with van der Waals surface area (Å²) in [5, 5.41) is 11.2. The molecule has 1 fully saturated rings. The highest BCUT2D eigenvalue weighted by Crippen LogP contribution is 2.61. The molecule has 2 aliphatic carbocycles. The van der Waals surface area contributed by atoms with E-state index in [2.05, 4.69) is 43.3 Å². The first-order valence-electron chi connectivity index (χ1n) is 6.55. The molecule has 18 heavy (non-hydrogen) atoms. The van der Waals surface area contributed by atoms with Gasteiger partial charge in [0.1, 0.15) is 0 Å². The number of hydrogen-bond donors (Lipinski definition) is 1. The van der Waals surface area contributed by atoms with Crippen LogP contribution in [0.3, 0.4) is 0 Å². The second kappa shape index (κ2) is 4.64. The molecule has 3 atom stereocenters. The van der Waals surface area contributed by atoms with E-state index in [0.29, 0.717) is 0 Å². The molecule has 1 saturated carbocycles. The minimum atomic E-state index is -0.448. The monoisotopic (exact) mass is 332 g/mol. The van der Waals surface area contributed by atoms with Crippen LogP contribution in [0.5, 0.6) is 0 Å². The van der Waals surface area contributed by atoms with Crippen molar-refractivity contribution in [1.82, 2.24) is 0 Å². The Morgan fingerprint density at radius 3 is 2.56 bits per heavy atom. The summed E-state index contributed by atoms with van der Waals surface area (Å²) in [5.74, 6) is 0. The first-order valence-corrected chi connectivity index (χ1v) is 7.84. The van der Waals surface area contributed by atoms with Crippen LogP contribution in [-0.4, -0.2) is 16.0 Å². The van der Waals surface area contributed by atoms with Gasteiger partial charge in [-0.2, -0.15) is 0 Å². The number of rotatable bonds is 0. The molecule has 0 aromatic carbocycles. The number of alkyl halides is 1. The van der Waals surface area contributed by atoms with E-state index in [9.17, 15) is 5.11 Å². The molecular weight excluding hydrogens is 312 g/mol. The number of aliphatic hydroxyl groups excluding tert-OH is 1. The van der Waals surface area contributed by atoms with Crippen molar-refractivity contribution in [3.8, 4) is 0 Å². The SMILES string of the molecule is C=C1CC2(CCC(C)=C(Cl)C2)C(C)(C)C(Br)C1O. The second-order valence-corrected chi connectivity index (χ2v) is 7.99. The molecule has 1 spiro atoms. The molecule has 0 saturated heterocycles. The summed E-state index contributed by atoms with van der Waals surface area (Å²) in [6.07, 6.45) is 3.55. The largest absolute Gasteiger partial charge is 0.388 e. The highest BCUT2D eigenvalue weighted by atomic mass is 79.9. The van der Waals surface area contributed by atoms with Gasteiger partial charge in [-0.15, -0.1) is 0 Å². The average Bonchev–Trinajstić information content (AvgIpc) is 2.30. The molecule has 3 heteroatoms. The van der Waals surface area contributed by atoms with Gasteiger partial charge in [-0.25, -0.2) is 0 Å². The lowest BCUT2D eigenvalue weighted by Gasteiger charge is -2.57. The van der Waals surface area contributed by atoms with Crippen molar-refractivity contribution < 1.29 is 5.11 Å². The zero-order valence-corrected chi connectivity index (χ0v) is 13.7. The van der Waals surface area contributed by atoms with Gasteiger partial charge < -0.3 is 5.11 Å². The van der Waals surface area contributed by atoms with Crippen LogP contribution >= 0.6 is 27.5 Å². The molecule has 2 aliphatic rings. The third kappa shape index (κ3) is 2.01. The van der Waals surface area contributed by atoms with Crippen molar-refractivity contribution in [2.24, 2.45) is 10.8 Å². The quantitative estimate of drug-likeness (QED) is 0.499. The summed E-state index contributed by atoms with van der Waals surface area (Å²) in [5.41, 5.74) is 2.41. The topological polar surface area (TPSA) is 20.2 Å². The Kier molecular flexibility index (Phi) is 3.77. The van der Waals surface area contributed by atoms with Crippen molar-refractivity contribution in [2.75, 3.05) is 0 Å². The highest BCUT2D eigenvalue weighted by Gasteiger charge is 2.55. The second-order valence-electron chi connectivity index (χ2n) is 6.55. The fraction of sp³-hybridized carbons (Fsp3) is 0.733. The van der Waals surface area contributed by atoms with Crippen LogP contribution in [0.1, 0.15) is 46.5 Å². The Bertz CT molecular complexity index is 413. The third-order valence-corrected chi connectivity index (χ3v) is 7.35. The fourth-order valence-electron chi connectivity index (χ4n) is 3.46. The van der Waals surface area contributed by atoms with Crippen LogP contribution in [0.25, 0.3) is 0 Å². The molecule has 0 radical (unpaired) electrons. The maximum Gasteiger partial charge on any atom is 0.0878 e. The van der Waals surface area contributed by atoms with E-state index in [4.69, 9.17) is 11.6 Å². The lowest BCUT2D eigenvalue weighted by Crippen LogP contribution is -2.54. The molecule has 0 aliphatic heterocycles. The first-order chi connectivity index (χ1) is 8.21. The van der Waals surface area contributed by atoms with Gasteiger partial charge in [0.15, 0.2) is 0 Å². The van der Waals surface area contributed by atoms with E-state index in [1.54, 1.807) is 0 Å². The van der Waals surface area contributed by atoms with Crippen LogP contribution in [0.15, 0.2) is 22.8 Å². The summed E-state index contributed by atoms with van der Waals surface area (Å²) in [4.78, 5) is 0.0501. The number of halogens is 2. The van der Waals surface area contributed by atoms with E-state index in [1.165, 1.54) is 5.57 Å². The standard InChI is InChI=1S/C15H22BrClO/c1-9-5-6-15(8-11(9)17)7-10(2)12(18)13(16)14(15,3)4/h12-13,18H,2,5-8H2,1,3-4H3. The Hall–Kier alpha value is 0.210. The van der Waals surface area contributed by atoms with E-state index in [1.807, 2.05) is 0 Å². The molecule has 0 heterocycles. The molecule has 0 bridgehead atoms. The molecule has 0 aromatic heterocycles. The van der Waals surface area contributed by atoms with Crippen LogP contribution in [-0.2, 0) is 0 Å². The summed E-state index contributed by atoms with van der Waals surface area (Å²) in [6.45, 7) is 10.7. The predicted octanol–water partition coefficient (Wildman–Crippen LogP) is 4.78. The zero-order valence-electron chi connectivity index (χ0n) is 11.4. The smallest absolute Gasteiger partial charge is 0.0878 e. The molecule has 2 rings (SSSR count). The minimum Gasteiger partial charge on any atom is -0.388 e. The lowest BCUT2D eigenvalue weighted by molar-refractivity contribution is -0.0127. The van der Waals surface area contributed by atoms with Crippen molar-refractivity contribution >= 4 is 27.5 Å². The summed E-state index contributed by atoms with van der Waals surface area (Å²) >= 11 is 10.1. The predicted molar refractivity (Wildman–Crippen MR) is 81.1 cm³/mol. The van der Waals surface area contributed by atoms with Crippen molar-refractivity contribution in [1.29, 1.82) is 0 Å². The van der Waals surface area contributed by atoms with E-state index < -0.39 is 6.10 Å². The molecule has 1 N–H and O–H groups in total. The Labute approximate surface area is 123 Å². The molecule has 102 valence electrons. The van der Waals surface area contributed by atoms with Gasteiger partial charge in [0.05, 0.1) is 10.9 Å². The van der Waals surface area contributed by atoms with Crippen molar-refractivity contribution in [3.05, 3.63) is 22.8 Å². The molecule has 1 nitrogen and oxygen atoms in total. The minimum absolute atomic E-state index is 0.00838. The third-order valence-electron chi connectivity index (χ3n) is 5.25. The lowest BCUT2D eigenvalue weighted by atomic mass is 9.51. The number of allylic oxidation sites excluding steroid dienone is 2. The van der Waals surface area contributed by atoms with Gasteiger partial charge >= 0.3 is 0 Å². The maximum absolute atomic E-state index is 10.2. The summed E-state index contributed by atoms with van der Waals surface area (Å²) in [6, 6.07) is 0. The van der Waals surface area contributed by atoms with Gasteiger partial charge in [-0.1, -0.05) is 53.5 Å². The van der Waals surface area contributed by atoms with Crippen LogP contribution in [0, 0.1) is 10.8 Å². The van der Waals surface area contributed by atoms with Crippen LogP contribution in [0.2, 0.25) is 0 Å². The van der Waals surface area contributed by atoms with Gasteiger partial charge in [0, 0.05) is 5.03 Å². The van der Waals surface area contributed by atoms with E-state index in [0.717, 1.165) is 36.3 Å². The average molecular weight is 334 g/mol. The molecular formula is C15H22BrClO. The fourth-order valence-corrected chi connectivity index (χ4v) is 4.67. The Balaban J connectivity index is 2.41. The van der Waals surface area contributed by atoms with Crippen LogP contribution < -0.4 is 0 Å². The zero-order chi connectivity index (χ0) is 13.7. The van der Waals surface area contributed by atoms with E-state index in [-0.39, 0.29) is 15.7 Å². The molecule has 0 aromatic rings. The highest BCUT2D eigenvalue weighted by molar-refractivity contribution is 9.09. The Morgan fingerprint density at radius 1 is 1.39 bits per heavy atom. The van der Waals surface area contributed by atoms with Gasteiger partial charge in [0.2, 0.25) is 0 Å². The van der Waals surface area contributed by atoms with E-state index >= 15 is 0 Å². The van der Waals surface area contributed by atoms with Gasteiger partial charge in [0.25, 0.3) is 0 Å². The van der Waals surface area contributed by atoms with Crippen molar-refractivity contribution in [3.63, 3.8) is 0 Å². The van der Waals surface area contributed by atoms with Crippen LogP contribution in [0.4, 0.5) is 0 Å². The van der Waals surface area contributed by atoms with Crippen molar-refractivity contribution in [2.45, 2.75) is 57.4 Å². The van der Waals surface area contributed by atoms with Gasteiger partial charge in [-0.05, 0) is 49.0 Å². The number of hydrogen-bond acceptors (Lipinski definition) is 1. The summed E-state index contributed by atoms with van der Waals surface area (Å²) < 4.78 is 0. The maximum atomic E-state index is 10.2.